The number of hydrogen-bond acceptors (Lipinski definition) is 4. The third-order valence-electron chi connectivity index (χ3n) is 8.86. The lowest BCUT2D eigenvalue weighted by Crippen LogP contribution is -2.48. The Kier molecular flexibility index (Phi) is 4.98. The van der Waals surface area contributed by atoms with Gasteiger partial charge in [-0.25, -0.2) is 0 Å². The minimum atomic E-state index is -0.219. The lowest BCUT2D eigenvalue weighted by Gasteiger charge is -2.39. The van der Waals surface area contributed by atoms with Gasteiger partial charge in [0.15, 0.2) is 5.76 Å². The molecule has 4 heteroatoms. The first-order valence-electron chi connectivity index (χ1n) is 12.9. The number of benzene rings is 2. The van der Waals surface area contributed by atoms with Gasteiger partial charge in [-0.2, -0.15) is 0 Å². The normalized spacial score (nSPS) is 24.9. The second kappa shape index (κ2) is 7.83. The number of fused-ring (bicyclic) bond motifs is 4. The highest BCUT2D eigenvalue weighted by Crippen LogP contribution is 2.58. The van der Waals surface area contributed by atoms with E-state index in [1.807, 2.05) is 0 Å². The Hall–Kier alpha value is -2.88. The molecule has 1 aliphatic heterocycles. The van der Waals surface area contributed by atoms with E-state index in [0.717, 1.165) is 49.1 Å². The first-order valence-corrected chi connectivity index (χ1v) is 12.9. The first-order chi connectivity index (χ1) is 16.5. The molecule has 1 fully saturated rings. The zero-order valence-corrected chi connectivity index (χ0v) is 20.7. The fraction of sp³-hybridized carbons (Fsp3) is 0.467. The van der Waals surface area contributed by atoms with E-state index in [4.69, 9.17) is 19.7 Å². The smallest absolute Gasteiger partial charge is 0.170 e. The summed E-state index contributed by atoms with van der Waals surface area (Å²) in [5.41, 5.74) is 6.75. The van der Waals surface area contributed by atoms with Gasteiger partial charge in [0.25, 0.3) is 0 Å². The van der Waals surface area contributed by atoms with Crippen LogP contribution in [-0.4, -0.2) is 16.5 Å². The van der Waals surface area contributed by atoms with Gasteiger partial charge < -0.3 is 9.36 Å². The molecule has 176 valence electrons. The Morgan fingerprint density at radius 1 is 0.882 bits per heavy atom. The van der Waals surface area contributed by atoms with Crippen LogP contribution in [0.4, 0.5) is 0 Å². The number of aromatic nitrogens is 1. The van der Waals surface area contributed by atoms with E-state index in [2.05, 4.69) is 82.3 Å². The first kappa shape index (κ1) is 21.6. The fourth-order valence-electron chi connectivity index (χ4n) is 7.31. The van der Waals surface area contributed by atoms with E-state index in [-0.39, 0.29) is 11.0 Å². The van der Waals surface area contributed by atoms with Crippen molar-refractivity contribution in [2.75, 3.05) is 0 Å². The predicted molar refractivity (Wildman–Crippen MR) is 136 cm³/mol. The van der Waals surface area contributed by atoms with Crippen molar-refractivity contribution in [3.63, 3.8) is 0 Å². The molecule has 34 heavy (non-hydrogen) atoms. The molecular weight excluding hydrogens is 420 g/mol. The van der Waals surface area contributed by atoms with Crippen LogP contribution in [0.5, 0.6) is 0 Å². The molecular formula is C30H34N2O2. The molecule has 0 N–H and O–H groups in total. The van der Waals surface area contributed by atoms with E-state index >= 15 is 0 Å². The largest absolute Gasteiger partial charge is 0.388 e. The van der Waals surface area contributed by atoms with Crippen LogP contribution in [0.25, 0.3) is 22.5 Å². The third kappa shape index (κ3) is 2.84. The highest BCUT2D eigenvalue weighted by molar-refractivity contribution is 6.00. The van der Waals surface area contributed by atoms with Gasteiger partial charge in [0.2, 0.25) is 0 Å². The maximum Gasteiger partial charge on any atom is 0.170 e. The molecule has 0 unspecified atom stereocenters. The molecule has 2 atom stereocenters. The lowest BCUT2D eigenvalue weighted by atomic mass is 9.66. The molecule has 3 aliphatic rings. The fourth-order valence-corrected chi connectivity index (χ4v) is 7.31. The topological polar surface area (TPSA) is 47.6 Å². The van der Waals surface area contributed by atoms with Crippen LogP contribution in [0.15, 0.2) is 64.3 Å². The molecule has 4 nitrogen and oxygen atoms in total. The van der Waals surface area contributed by atoms with Crippen molar-refractivity contribution in [2.45, 2.75) is 70.8 Å². The summed E-state index contributed by atoms with van der Waals surface area (Å²) in [5.74, 6) is 2.09. The van der Waals surface area contributed by atoms with E-state index in [1.54, 1.807) is 0 Å². The minimum Gasteiger partial charge on any atom is -0.388 e. The van der Waals surface area contributed by atoms with Crippen molar-refractivity contribution < 1.29 is 9.36 Å². The van der Waals surface area contributed by atoms with Gasteiger partial charge in [0.05, 0.1) is 16.8 Å². The monoisotopic (exact) mass is 454 g/mol. The van der Waals surface area contributed by atoms with Crippen molar-refractivity contribution in [1.29, 1.82) is 0 Å². The Morgan fingerprint density at radius 2 is 1.59 bits per heavy atom. The molecule has 0 amide bonds. The summed E-state index contributed by atoms with van der Waals surface area (Å²) >= 11 is 0. The van der Waals surface area contributed by atoms with Crippen LogP contribution in [-0.2, 0) is 16.7 Å². The van der Waals surface area contributed by atoms with Gasteiger partial charge in [0, 0.05) is 17.0 Å². The van der Waals surface area contributed by atoms with Gasteiger partial charge in [-0.3, -0.25) is 0 Å². The zero-order chi connectivity index (χ0) is 23.5. The van der Waals surface area contributed by atoms with Crippen molar-refractivity contribution in [3.8, 4) is 22.5 Å². The summed E-state index contributed by atoms with van der Waals surface area (Å²) in [6.07, 6.45) is 5.39. The second-order valence-corrected chi connectivity index (χ2v) is 11.0. The zero-order valence-electron chi connectivity index (χ0n) is 20.7. The van der Waals surface area contributed by atoms with E-state index in [1.165, 1.54) is 22.4 Å². The van der Waals surface area contributed by atoms with Crippen LogP contribution >= 0.6 is 0 Å². The molecule has 2 aromatic carbocycles. The summed E-state index contributed by atoms with van der Waals surface area (Å²) in [6.45, 7) is 9.13. The number of nitrogens with zero attached hydrogens (tertiary/aromatic N) is 2. The number of hydrogen-bond donors (Lipinski definition) is 0. The standard InChI is InChI=1S/C30H34N2O2/c1-19(2)30(20(3)4)25-16-18-29(28(25)32-34-30)17-10-15-24-26(33-31-27(24)29)23-14-9-8-13-22(23)21-11-6-5-7-12-21/h5-9,11-14,19-20,25H,10,15-18H2,1-4H3/t25-,29-/m0/s1. The third-order valence-corrected chi connectivity index (χ3v) is 8.86. The molecule has 2 heterocycles. The molecule has 1 spiro atoms. The van der Waals surface area contributed by atoms with Crippen LogP contribution in [0, 0.1) is 17.8 Å². The number of rotatable bonds is 4. The Labute approximate surface area is 202 Å². The average molecular weight is 455 g/mol. The van der Waals surface area contributed by atoms with Gasteiger partial charge in [-0.15, -0.1) is 0 Å². The summed E-state index contributed by atoms with van der Waals surface area (Å²) < 4.78 is 6.20. The highest BCUT2D eigenvalue weighted by Gasteiger charge is 2.63. The van der Waals surface area contributed by atoms with Crippen molar-refractivity contribution >= 4 is 5.71 Å². The molecule has 6 rings (SSSR count). The Bertz CT molecular complexity index is 1230. The average Bonchev–Trinajstić information content (AvgIpc) is 3.55. The number of oxime groups is 1. The molecule has 0 bridgehead atoms. The van der Waals surface area contributed by atoms with Crippen LogP contribution in [0.2, 0.25) is 0 Å². The summed E-state index contributed by atoms with van der Waals surface area (Å²) in [4.78, 5) is 6.37. The van der Waals surface area contributed by atoms with Gasteiger partial charge in [0.1, 0.15) is 5.60 Å². The SMILES string of the molecule is CC(C)C1(C(C)C)ON=C2[C@@H]1CC[C@]21CCCc2c1noc2-c1ccccc1-c1ccccc1. The summed E-state index contributed by atoms with van der Waals surface area (Å²) in [5, 5.41) is 9.64. The van der Waals surface area contributed by atoms with Crippen LogP contribution < -0.4 is 0 Å². The van der Waals surface area contributed by atoms with Crippen molar-refractivity contribution in [2.24, 2.45) is 22.9 Å². The molecule has 1 aromatic heterocycles. The molecule has 0 radical (unpaired) electrons. The van der Waals surface area contributed by atoms with Gasteiger partial charge >= 0.3 is 0 Å². The molecule has 0 saturated heterocycles. The molecule has 3 aromatic rings. The van der Waals surface area contributed by atoms with Crippen LogP contribution in [0.1, 0.15) is 64.6 Å². The van der Waals surface area contributed by atoms with E-state index in [9.17, 15) is 0 Å². The van der Waals surface area contributed by atoms with Gasteiger partial charge in [-0.1, -0.05) is 92.6 Å². The maximum absolute atomic E-state index is 6.37. The Morgan fingerprint density at radius 3 is 2.32 bits per heavy atom. The minimum absolute atomic E-state index is 0.146. The maximum atomic E-state index is 6.37. The van der Waals surface area contributed by atoms with E-state index < -0.39 is 0 Å². The van der Waals surface area contributed by atoms with Crippen LogP contribution in [0.3, 0.4) is 0 Å². The van der Waals surface area contributed by atoms with Crippen molar-refractivity contribution in [3.05, 3.63) is 65.9 Å². The van der Waals surface area contributed by atoms with Crippen molar-refractivity contribution in [1.82, 2.24) is 5.16 Å². The molecule has 2 aliphatic carbocycles. The predicted octanol–water partition coefficient (Wildman–Crippen LogP) is 7.43. The lowest BCUT2D eigenvalue weighted by molar-refractivity contribution is -0.113. The van der Waals surface area contributed by atoms with Gasteiger partial charge in [-0.05, 0) is 55.1 Å². The van der Waals surface area contributed by atoms with E-state index in [0.29, 0.717) is 17.8 Å². The quantitative estimate of drug-likeness (QED) is 0.412. The Balaban J connectivity index is 1.45. The highest BCUT2D eigenvalue weighted by atomic mass is 16.7. The second-order valence-electron chi connectivity index (χ2n) is 11.0. The summed E-state index contributed by atoms with van der Waals surface area (Å²) in [7, 11) is 0. The summed E-state index contributed by atoms with van der Waals surface area (Å²) in [6, 6.07) is 19.1. The molecule has 1 saturated carbocycles.